The molecule has 6 heteroatoms. The molecule has 0 radical (unpaired) electrons. The first-order valence-electron chi connectivity index (χ1n) is 10.3. The average Bonchev–Trinajstić information content (AvgIpc) is 3.07. The molecule has 0 fully saturated rings. The van der Waals surface area contributed by atoms with Crippen LogP contribution in [0.2, 0.25) is 0 Å². The summed E-state index contributed by atoms with van der Waals surface area (Å²) >= 11 is 0. The van der Waals surface area contributed by atoms with Gasteiger partial charge in [0.05, 0.1) is 0 Å². The van der Waals surface area contributed by atoms with Crippen LogP contribution in [0.25, 0.3) is 11.1 Å². The highest BCUT2D eigenvalue weighted by atomic mass is 16.4. The second-order valence-electron chi connectivity index (χ2n) is 7.02. The summed E-state index contributed by atoms with van der Waals surface area (Å²) in [5, 5.41) is 14.0. The number of nitrogens with zero attached hydrogens (tertiary/aromatic N) is 1. The standard InChI is InChI=1S/C21H33N3O3/c1-2-3-4-5-6-7-8-9-12-17-13-10-14-18-19(17)24-20(27-18)22-15-11-16-23-21(25)26/h10,13-14,23H,2-9,11-12,15-16H2,1H3,(H,22,24)(H,25,26). The first-order chi connectivity index (χ1) is 13.2. The van der Waals surface area contributed by atoms with E-state index in [1.165, 1.54) is 56.9 Å². The summed E-state index contributed by atoms with van der Waals surface area (Å²) in [6.45, 7) is 3.27. The first-order valence-corrected chi connectivity index (χ1v) is 10.3. The van der Waals surface area contributed by atoms with Gasteiger partial charge in [0.15, 0.2) is 5.58 Å². The van der Waals surface area contributed by atoms with Crippen LogP contribution in [0.4, 0.5) is 10.8 Å². The zero-order chi connectivity index (χ0) is 19.3. The van der Waals surface area contributed by atoms with Gasteiger partial charge in [0, 0.05) is 13.1 Å². The lowest BCUT2D eigenvalue weighted by Crippen LogP contribution is -2.23. The number of aryl methyl sites for hydroxylation is 1. The van der Waals surface area contributed by atoms with E-state index in [1.807, 2.05) is 12.1 Å². The Hall–Kier alpha value is -2.24. The van der Waals surface area contributed by atoms with E-state index in [1.54, 1.807) is 0 Å². The van der Waals surface area contributed by atoms with Crippen LogP contribution in [0.1, 0.15) is 70.3 Å². The SMILES string of the molecule is CCCCCCCCCCc1cccc2oc(NCCCNC(=O)O)nc12. The molecule has 0 aliphatic rings. The smallest absolute Gasteiger partial charge is 0.404 e. The lowest BCUT2D eigenvalue weighted by atomic mass is 10.0. The molecule has 6 nitrogen and oxygen atoms in total. The lowest BCUT2D eigenvalue weighted by molar-refractivity contribution is 0.194. The van der Waals surface area contributed by atoms with E-state index < -0.39 is 6.09 Å². The molecule has 3 N–H and O–H groups in total. The lowest BCUT2D eigenvalue weighted by Gasteiger charge is -2.03. The van der Waals surface area contributed by atoms with Crippen LogP contribution >= 0.6 is 0 Å². The van der Waals surface area contributed by atoms with Gasteiger partial charge in [-0.25, -0.2) is 4.79 Å². The summed E-state index contributed by atoms with van der Waals surface area (Å²) in [4.78, 5) is 15.0. The molecule has 0 atom stereocenters. The first kappa shape index (κ1) is 21.1. The van der Waals surface area contributed by atoms with E-state index in [4.69, 9.17) is 9.52 Å². The van der Waals surface area contributed by atoms with Crippen molar-refractivity contribution in [2.45, 2.75) is 71.1 Å². The Morgan fingerprint density at radius 2 is 1.78 bits per heavy atom. The van der Waals surface area contributed by atoms with E-state index in [0.717, 1.165) is 17.5 Å². The van der Waals surface area contributed by atoms with E-state index in [0.29, 0.717) is 25.5 Å². The topological polar surface area (TPSA) is 87.4 Å². The maximum Gasteiger partial charge on any atom is 0.404 e. The van der Waals surface area contributed by atoms with Crippen LogP contribution in [0.15, 0.2) is 22.6 Å². The van der Waals surface area contributed by atoms with Gasteiger partial charge in [0.25, 0.3) is 6.01 Å². The van der Waals surface area contributed by atoms with Crippen LogP contribution in [-0.4, -0.2) is 29.3 Å². The number of hydrogen-bond acceptors (Lipinski definition) is 4. The molecule has 1 heterocycles. The highest BCUT2D eigenvalue weighted by Crippen LogP contribution is 2.24. The van der Waals surface area contributed by atoms with Crippen molar-refractivity contribution in [3.8, 4) is 0 Å². The summed E-state index contributed by atoms with van der Waals surface area (Å²) in [5.74, 6) is 0. The number of unbranched alkanes of at least 4 members (excludes halogenated alkanes) is 7. The number of aromatic nitrogens is 1. The number of anilines is 1. The van der Waals surface area contributed by atoms with Gasteiger partial charge >= 0.3 is 6.09 Å². The molecule has 150 valence electrons. The van der Waals surface area contributed by atoms with Gasteiger partial charge in [-0.15, -0.1) is 0 Å². The van der Waals surface area contributed by atoms with Gasteiger partial charge in [-0.1, -0.05) is 64.0 Å². The summed E-state index contributed by atoms with van der Waals surface area (Å²) in [5.41, 5.74) is 2.98. The van der Waals surface area contributed by atoms with Crippen molar-refractivity contribution in [3.05, 3.63) is 23.8 Å². The zero-order valence-electron chi connectivity index (χ0n) is 16.4. The molecule has 2 aromatic rings. The summed E-state index contributed by atoms with van der Waals surface area (Å²) in [6.07, 6.45) is 11.2. The number of hydrogen-bond donors (Lipinski definition) is 3. The number of carbonyl (C=O) groups is 1. The Balaban J connectivity index is 1.73. The highest BCUT2D eigenvalue weighted by molar-refractivity contribution is 5.78. The highest BCUT2D eigenvalue weighted by Gasteiger charge is 2.09. The Morgan fingerprint density at radius 3 is 2.52 bits per heavy atom. The fourth-order valence-electron chi connectivity index (χ4n) is 3.21. The Labute approximate surface area is 161 Å². The average molecular weight is 376 g/mol. The number of benzene rings is 1. The van der Waals surface area contributed by atoms with Crippen LogP contribution in [0.5, 0.6) is 0 Å². The molecule has 0 aliphatic heterocycles. The zero-order valence-corrected chi connectivity index (χ0v) is 16.4. The van der Waals surface area contributed by atoms with Crippen LogP contribution < -0.4 is 10.6 Å². The second-order valence-corrected chi connectivity index (χ2v) is 7.02. The van der Waals surface area contributed by atoms with Gasteiger partial charge in [-0.2, -0.15) is 4.98 Å². The number of carboxylic acid groups (broad SMARTS) is 1. The molecule has 1 aromatic heterocycles. The molecule has 2 rings (SSSR count). The fourth-order valence-corrected chi connectivity index (χ4v) is 3.21. The third-order valence-corrected chi connectivity index (χ3v) is 4.71. The predicted octanol–water partition coefficient (Wildman–Crippen LogP) is 5.58. The van der Waals surface area contributed by atoms with E-state index in [9.17, 15) is 4.79 Å². The number of rotatable bonds is 14. The monoisotopic (exact) mass is 375 g/mol. The number of nitrogens with one attached hydrogen (secondary N) is 2. The predicted molar refractivity (Wildman–Crippen MR) is 109 cm³/mol. The molecular formula is C21H33N3O3. The molecule has 0 saturated carbocycles. The largest absolute Gasteiger partial charge is 0.465 e. The van der Waals surface area contributed by atoms with Crippen molar-refractivity contribution in [2.75, 3.05) is 18.4 Å². The van der Waals surface area contributed by atoms with Gasteiger partial charge in [0.2, 0.25) is 0 Å². The Kier molecular flexibility index (Phi) is 9.52. The summed E-state index contributed by atoms with van der Waals surface area (Å²) in [6, 6.07) is 6.60. The maximum absolute atomic E-state index is 10.4. The van der Waals surface area contributed by atoms with E-state index >= 15 is 0 Å². The minimum absolute atomic E-state index is 0.409. The minimum atomic E-state index is -0.998. The number of para-hydroxylation sites is 1. The van der Waals surface area contributed by atoms with Crippen molar-refractivity contribution < 1.29 is 14.3 Å². The normalized spacial score (nSPS) is 11.0. The summed E-state index contributed by atoms with van der Waals surface area (Å²) < 4.78 is 5.76. The van der Waals surface area contributed by atoms with Crippen molar-refractivity contribution in [1.82, 2.24) is 10.3 Å². The fraction of sp³-hybridized carbons (Fsp3) is 0.619. The van der Waals surface area contributed by atoms with Crippen molar-refractivity contribution in [3.63, 3.8) is 0 Å². The maximum atomic E-state index is 10.4. The van der Waals surface area contributed by atoms with E-state index in [-0.39, 0.29) is 0 Å². The van der Waals surface area contributed by atoms with Crippen LogP contribution in [0.3, 0.4) is 0 Å². The number of oxazole rings is 1. The molecule has 0 unspecified atom stereocenters. The molecule has 0 bridgehead atoms. The van der Waals surface area contributed by atoms with Crippen LogP contribution in [0, 0.1) is 0 Å². The van der Waals surface area contributed by atoms with Gasteiger partial charge in [-0.3, -0.25) is 0 Å². The third kappa shape index (κ3) is 7.89. The van der Waals surface area contributed by atoms with Gasteiger partial charge in [0.1, 0.15) is 5.52 Å². The Bertz CT molecular complexity index is 684. The molecule has 27 heavy (non-hydrogen) atoms. The molecule has 1 aromatic carbocycles. The van der Waals surface area contributed by atoms with Crippen molar-refractivity contribution >= 4 is 23.2 Å². The van der Waals surface area contributed by atoms with Gasteiger partial charge < -0.3 is 20.2 Å². The molecule has 1 amide bonds. The Morgan fingerprint density at radius 1 is 1.04 bits per heavy atom. The number of amides is 1. The quantitative estimate of drug-likeness (QED) is 0.375. The third-order valence-electron chi connectivity index (χ3n) is 4.71. The minimum Gasteiger partial charge on any atom is -0.465 e. The van der Waals surface area contributed by atoms with Gasteiger partial charge in [-0.05, 0) is 30.9 Å². The molecule has 0 spiro atoms. The van der Waals surface area contributed by atoms with Crippen molar-refractivity contribution in [2.24, 2.45) is 0 Å². The molecule has 0 saturated heterocycles. The second kappa shape index (κ2) is 12.2. The summed E-state index contributed by atoms with van der Waals surface area (Å²) in [7, 11) is 0. The molecular weight excluding hydrogens is 342 g/mol. The molecule has 0 aliphatic carbocycles. The number of fused-ring (bicyclic) bond motifs is 1. The van der Waals surface area contributed by atoms with E-state index in [2.05, 4.69) is 28.6 Å². The van der Waals surface area contributed by atoms with Crippen molar-refractivity contribution in [1.29, 1.82) is 0 Å². The van der Waals surface area contributed by atoms with Crippen LogP contribution in [-0.2, 0) is 6.42 Å².